The average molecular weight is 393 g/mol. The summed E-state index contributed by atoms with van der Waals surface area (Å²) in [7, 11) is 3.70. The van der Waals surface area contributed by atoms with Gasteiger partial charge < -0.3 is 14.1 Å². The van der Waals surface area contributed by atoms with E-state index in [2.05, 4.69) is 15.0 Å². The van der Waals surface area contributed by atoms with Gasteiger partial charge in [-0.1, -0.05) is 18.5 Å². The molecule has 0 fully saturated rings. The Morgan fingerprint density at radius 1 is 1.31 bits per heavy atom. The Morgan fingerprint density at radius 2 is 2.04 bits per heavy atom. The molecule has 0 aromatic carbocycles. The molecule has 0 saturated carbocycles. The number of rotatable bonds is 6. The third-order valence-electron chi connectivity index (χ3n) is 3.68. The van der Waals surface area contributed by atoms with E-state index in [0.29, 0.717) is 28.0 Å². The first kappa shape index (κ1) is 18.3. The highest BCUT2D eigenvalue weighted by Gasteiger charge is 2.25. The number of anilines is 1. The Bertz CT molecular complexity index is 892. The highest BCUT2D eigenvalue weighted by molar-refractivity contribution is 7.19. The van der Waals surface area contributed by atoms with Crippen molar-refractivity contribution in [2.45, 2.75) is 19.3 Å². The molecule has 0 bridgehead atoms. The van der Waals surface area contributed by atoms with E-state index in [0.717, 1.165) is 4.88 Å². The average Bonchev–Trinajstić information content (AvgIpc) is 3.24. The molecule has 9 heteroatoms. The van der Waals surface area contributed by atoms with Crippen molar-refractivity contribution < 1.29 is 13.9 Å². The second-order valence-electron chi connectivity index (χ2n) is 5.68. The van der Waals surface area contributed by atoms with E-state index in [1.807, 2.05) is 21.0 Å². The van der Waals surface area contributed by atoms with E-state index in [4.69, 9.17) is 20.8 Å². The molecule has 1 atom stereocenters. The largest absolute Gasteiger partial charge is 0.438 e. The minimum Gasteiger partial charge on any atom is -0.438 e. The van der Waals surface area contributed by atoms with Gasteiger partial charge in [0.2, 0.25) is 11.7 Å². The van der Waals surface area contributed by atoms with Crippen LogP contribution in [-0.4, -0.2) is 35.0 Å². The first-order valence-electron chi connectivity index (χ1n) is 7.89. The fourth-order valence-corrected chi connectivity index (χ4v) is 3.38. The van der Waals surface area contributed by atoms with Crippen LogP contribution in [0.5, 0.6) is 5.88 Å². The van der Waals surface area contributed by atoms with E-state index in [1.54, 1.807) is 29.4 Å². The molecular weight excluding hydrogens is 376 g/mol. The third-order valence-corrected chi connectivity index (χ3v) is 4.91. The summed E-state index contributed by atoms with van der Waals surface area (Å²) in [5, 5.41) is 0. The van der Waals surface area contributed by atoms with Gasteiger partial charge >= 0.3 is 5.97 Å². The zero-order chi connectivity index (χ0) is 18.7. The molecule has 0 amide bonds. The van der Waals surface area contributed by atoms with Crippen LogP contribution < -0.4 is 9.64 Å². The number of oxazole rings is 1. The van der Waals surface area contributed by atoms with E-state index >= 15 is 0 Å². The van der Waals surface area contributed by atoms with Gasteiger partial charge in [0.15, 0.2) is 6.39 Å². The van der Waals surface area contributed by atoms with Crippen LogP contribution >= 0.6 is 22.9 Å². The van der Waals surface area contributed by atoms with Gasteiger partial charge in [0.05, 0.1) is 15.1 Å². The second-order valence-corrected chi connectivity index (χ2v) is 7.40. The van der Waals surface area contributed by atoms with Gasteiger partial charge in [-0.25, -0.2) is 9.97 Å². The van der Waals surface area contributed by atoms with Crippen LogP contribution in [0.4, 0.5) is 5.95 Å². The monoisotopic (exact) mass is 392 g/mol. The molecule has 0 saturated heterocycles. The second kappa shape index (κ2) is 7.84. The first-order chi connectivity index (χ1) is 12.5. The number of thiophene rings is 1. The van der Waals surface area contributed by atoms with Crippen molar-refractivity contribution in [3.63, 3.8) is 0 Å². The molecule has 26 heavy (non-hydrogen) atoms. The van der Waals surface area contributed by atoms with Crippen molar-refractivity contribution in [2.24, 2.45) is 0 Å². The maximum atomic E-state index is 12.7. The minimum atomic E-state index is -0.498. The SMILES string of the molecule is CCC(C(=O)Oc1ncoc1-c1ccc(Cl)s1)c1cnc(N(C)C)nc1. The van der Waals surface area contributed by atoms with Gasteiger partial charge in [0, 0.05) is 32.1 Å². The van der Waals surface area contributed by atoms with E-state index in [1.165, 1.54) is 17.7 Å². The maximum Gasteiger partial charge on any atom is 0.320 e. The summed E-state index contributed by atoms with van der Waals surface area (Å²) in [6.07, 6.45) is 5.06. The Labute approximate surface area is 159 Å². The maximum absolute atomic E-state index is 12.7. The lowest BCUT2D eigenvalue weighted by atomic mass is 10.00. The van der Waals surface area contributed by atoms with Crippen LogP contribution in [0.2, 0.25) is 4.34 Å². The molecule has 3 heterocycles. The molecule has 0 spiro atoms. The Balaban J connectivity index is 1.79. The number of halogens is 1. The van der Waals surface area contributed by atoms with Gasteiger partial charge in [0.25, 0.3) is 5.88 Å². The van der Waals surface area contributed by atoms with Crippen molar-refractivity contribution in [1.29, 1.82) is 0 Å². The highest BCUT2D eigenvalue weighted by Crippen LogP contribution is 2.36. The van der Waals surface area contributed by atoms with Crippen molar-refractivity contribution in [3.8, 4) is 16.5 Å². The molecule has 0 aliphatic rings. The number of aromatic nitrogens is 3. The standard InChI is InChI=1S/C17H17ClN4O3S/c1-4-11(10-7-19-17(20-8-10)22(2)3)16(23)25-15-14(24-9-21-15)12-5-6-13(18)26-12/h5-9,11H,4H2,1-3H3. The topological polar surface area (TPSA) is 81.3 Å². The number of ether oxygens (including phenoxy) is 1. The van der Waals surface area contributed by atoms with Crippen LogP contribution in [0.15, 0.2) is 35.3 Å². The fraction of sp³-hybridized carbons (Fsp3) is 0.294. The number of carbonyl (C=O) groups is 1. The zero-order valence-electron chi connectivity index (χ0n) is 14.5. The number of hydrogen-bond acceptors (Lipinski definition) is 8. The van der Waals surface area contributed by atoms with Crippen molar-refractivity contribution in [2.75, 3.05) is 19.0 Å². The predicted octanol–water partition coefficient (Wildman–Crippen LogP) is 4.01. The van der Waals surface area contributed by atoms with Crippen LogP contribution in [0, 0.1) is 0 Å². The molecule has 136 valence electrons. The number of esters is 1. The first-order valence-corrected chi connectivity index (χ1v) is 9.09. The molecule has 0 aliphatic heterocycles. The molecule has 1 unspecified atom stereocenters. The third kappa shape index (κ3) is 3.86. The van der Waals surface area contributed by atoms with Gasteiger partial charge in [-0.3, -0.25) is 4.79 Å². The van der Waals surface area contributed by atoms with Crippen LogP contribution in [0.25, 0.3) is 10.6 Å². The van der Waals surface area contributed by atoms with E-state index in [-0.39, 0.29) is 5.88 Å². The highest BCUT2D eigenvalue weighted by atomic mass is 35.5. The Morgan fingerprint density at radius 3 is 2.62 bits per heavy atom. The number of nitrogens with zero attached hydrogens (tertiary/aromatic N) is 4. The zero-order valence-corrected chi connectivity index (χ0v) is 16.0. The lowest BCUT2D eigenvalue weighted by Gasteiger charge is -2.14. The van der Waals surface area contributed by atoms with Gasteiger partial charge in [-0.05, 0) is 18.6 Å². The minimum absolute atomic E-state index is 0.123. The van der Waals surface area contributed by atoms with E-state index in [9.17, 15) is 4.79 Å². The lowest BCUT2D eigenvalue weighted by molar-refractivity contribution is -0.136. The molecule has 7 nitrogen and oxygen atoms in total. The summed E-state index contributed by atoms with van der Waals surface area (Å²) in [4.78, 5) is 27.7. The molecule has 0 N–H and O–H groups in total. The fourth-order valence-electron chi connectivity index (χ4n) is 2.36. The lowest BCUT2D eigenvalue weighted by Crippen LogP contribution is -2.20. The summed E-state index contributed by atoms with van der Waals surface area (Å²) >= 11 is 7.27. The van der Waals surface area contributed by atoms with Crippen LogP contribution in [-0.2, 0) is 4.79 Å². The predicted molar refractivity (Wildman–Crippen MR) is 99.9 cm³/mol. The van der Waals surface area contributed by atoms with Gasteiger partial charge in [-0.15, -0.1) is 11.3 Å². The summed E-state index contributed by atoms with van der Waals surface area (Å²) in [6, 6.07) is 3.53. The molecule has 0 aliphatic carbocycles. The summed E-state index contributed by atoms with van der Waals surface area (Å²) in [5.41, 5.74) is 0.687. The Hall–Kier alpha value is -2.45. The van der Waals surface area contributed by atoms with Crippen LogP contribution in [0.3, 0.4) is 0 Å². The molecule has 3 aromatic heterocycles. The molecular formula is C17H17ClN4O3S. The Kier molecular flexibility index (Phi) is 5.53. The van der Waals surface area contributed by atoms with Crippen molar-refractivity contribution in [1.82, 2.24) is 15.0 Å². The number of carbonyl (C=O) groups excluding carboxylic acids is 1. The van der Waals surface area contributed by atoms with Crippen LogP contribution in [0.1, 0.15) is 24.8 Å². The smallest absolute Gasteiger partial charge is 0.320 e. The van der Waals surface area contributed by atoms with Gasteiger partial charge in [0.1, 0.15) is 0 Å². The van der Waals surface area contributed by atoms with Crippen molar-refractivity contribution >= 4 is 34.9 Å². The summed E-state index contributed by atoms with van der Waals surface area (Å²) in [5.74, 6) is 0.140. The van der Waals surface area contributed by atoms with E-state index < -0.39 is 11.9 Å². The molecule has 3 aromatic rings. The molecule has 0 radical (unpaired) electrons. The summed E-state index contributed by atoms with van der Waals surface area (Å²) in [6.45, 7) is 1.90. The van der Waals surface area contributed by atoms with Gasteiger partial charge in [-0.2, -0.15) is 4.98 Å². The number of hydrogen-bond donors (Lipinski definition) is 0. The summed E-state index contributed by atoms with van der Waals surface area (Å²) < 4.78 is 11.5. The van der Waals surface area contributed by atoms with Crippen molar-refractivity contribution in [3.05, 3.63) is 40.8 Å². The molecule has 3 rings (SSSR count). The quantitative estimate of drug-likeness (QED) is 0.586. The normalized spacial score (nSPS) is 12.0.